The second kappa shape index (κ2) is 9.19. The maximum Gasteiger partial charge on any atom is 0.314 e. The van der Waals surface area contributed by atoms with Gasteiger partial charge in [0.1, 0.15) is 5.82 Å². The second-order valence-electron chi connectivity index (χ2n) is 9.18. The predicted molar refractivity (Wildman–Crippen MR) is 128 cm³/mol. The molecule has 2 aromatic heterocycles. The van der Waals surface area contributed by atoms with Crippen molar-refractivity contribution in [3.05, 3.63) is 47.8 Å². The summed E-state index contributed by atoms with van der Waals surface area (Å²) in [6, 6.07) is 8.19. The van der Waals surface area contributed by atoms with E-state index in [0.29, 0.717) is 34.9 Å². The minimum atomic E-state index is -0.688. The monoisotopic (exact) mass is 449 g/mol. The number of amides is 2. The molecule has 0 saturated carbocycles. The molecule has 1 fully saturated rings. The van der Waals surface area contributed by atoms with E-state index >= 15 is 0 Å². The number of aryl methyl sites for hydroxylation is 1. The summed E-state index contributed by atoms with van der Waals surface area (Å²) in [6.45, 7) is 3.50. The topological polar surface area (TPSA) is 109 Å². The number of nitrogens with one attached hydrogen (secondary N) is 1. The first-order chi connectivity index (χ1) is 15.7. The summed E-state index contributed by atoms with van der Waals surface area (Å²) in [5.74, 6) is -0.582. The Morgan fingerprint density at radius 2 is 1.91 bits per heavy atom. The van der Waals surface area contributed by atoms with Crippen LogP contribution in [0, 0.1) is 5.92 Å². The van der Waals surface area contributed by atoms with Crippen molar-refractivity contribution in [1.29, 1.82) is 0 Å². The van der Waals surface area contributed by atoms with E-state index in [9.17, 15) is 9.59 Å². The van der Waals surface area contributed by atoms with Gasteiger partial charge in [-0.1, -0.05) is 31.2 Å². The molecule has 0 bridgehead atoms. The van der Waals surface area contributed by atoms with Crippen LogP contribution in [0.15, 0.2) is 36.7 Å². The lowest BCUT2D eigenvalue weighted by atomic mass is 9.89. The maximum absolute atomic E-state index is 13.3. The molecule has 3 N–H and O–H groups in total. The van der Waals surface area contributed by atoms with Gasteiger partial charge in [0.05, 0.1) is 35.0 Å². The maximum atomic E-state index is 13.3. The van der Waals surface area contributed by atoms with Crippen molar-refractivity contribution >= 4 is 34.2 Å². The van der Waals surface area contributed by atoms with Crippen LogP contribution < -0.4 is 11.1 Å². The highest BCUT2D eigenvalue weighted by Gasteiger charge is 2.34. The average molecular weight is 450 g/mol. The van der Waals surface area contributed by atoms with Gasteiger partial charge < -0.3 is 20.9 Å². The van der Waals surface area contributed by atoms with Gasteiger partial charge in [-0.3, -0.25) is 14.3 Å². The van der Waals surface area contributed by atoms with Gasteiger partial charge in [0.25, 0.3) is 0 Å². The molecule has 33 heavy (non-hydrogen) atoms. The number of nitrogens with two attached hydrogens (primary N) is 1. The van der Waals surface area contributed by atoms with Crippen LogP contribution in [0.25, 0.3) is 10.9 Å². The van der Waals surface area contributed by atoms with Crippen molar-refractivity contribution in [3.8, 4) is 0 Å². The molecule has 1 aliphatic heterocycles. The molecule has 9 nitrogen and oxygen atoms in total. The molecule has 4 rings (SSSR count). The highest BCUT2D eigenvalue weighted by atomic mass is 16.2. The Bertz CT molecular complexity index is 1170. The molecule has 3 aromatic rings. The van der Waals surface area contributed by atoms with Crippen LogP contribution >= 0.6 is 0 Å². The molecule has 0 aliphatic carbocycles. The zero-order chi connectivity index (χ0) is 23.7. The first-order valence-electron chi connectivity index (χ1n) is 11.2. The zero-order valence-electron chi connectivity index (χ0n) is 19.6. The fourth-order valence-electron chi connectivity index (χ4n) is 4.54. The fourth-order valence-corrected chi connectivity index (χ4v) is 4.54. The van der Waals surface area contributed by atoms with Crippen LogP contribution in [-0.2, 0) is 23.2 Å². The number of piperidine rings is 1. The van der Waals surface area contributed by atoms with Crippen LogP contribution in [0.5, 0.6) is 0 Å². The third-order valence-corrected chi connectivity index (χ3v) is 6.19. The van der Waals surface area contributed by atoms with Crippen LogP contribution in [0.3, 0.4) is 0 Å². The number of carbonyl (C=O) groups is 2. The minimum Gasteiger partial charge on any atom is -0.383 e. The summed E-state index contributed by atoms with van der Waals surface area (Å²) in [6.07, 6.45) is 4.89. The minimum absolute atomic E-state index is 0.130. The normalized spacial score (nSPS) is 18.6. The van der Waals surface area contributed by atoms with E-state index in [0.717, 1.165) is 24.9 Å². The third kappa shape index (κ3) is 4.68. The van der Waals surface area contributed by atoms with E-state index in [1.54, 1.807) is 22.8 Å². The smallest absolute Gasteiger partial charge is 0.314 e. The van der Waals surface area contributed by atoms with Gasteiger partial charge in [-0.2, -0.15) is 5.10 Å². The van der Waals surface area contributed by atoms with Gasteiger partial charge in [-0.25, -0.2) is 4.98 Å². The Kier molecular flexibility index (Phi) is 6.33. The Labute approximate surface area is 193 Å². The van der Waals surface area contributed by atoms with E-state index in [4.69, 9.17) is 5.73 Å². The zero-order valence-corrected chi connectivity index (χ0v) is 19.6. The molecule has 3 heterocycles. The Hall–Kier alpha value is -3.46. The summed E-state index contributed by atoms with van der Waals surface area (Å²) < 4.78 is 1.61. The third-order valence-electron chi connectivity index (χ3n) is 6.19. The van der Waals surface area contributed by atoms with Gasteiger partial charge in [0.2, 0.25) is 0 Å². The summed E-state index contributed by atoms with van der Waals surface area (Å²) in [5.41, 5.74) is 9.22. The number of benzene rings is 1. The number of hydrogen-bond acceptors (Lipinski definition) is 6. The first kappa shape index (κ1) is 22.7. The summed E-state index contributed by atoms with van der Waals surface area (Å²) in [5, 5.41) is 7.56. The molecule has 1 aromatic carbocycles. The lowest BCUT2D eigenvalue weighted by Gasteiger charge is -2.38. The molecule has 2 amide bonds. The van der Waals surface area contributed by atoms with Crippen molar-refractivity contribution in [2.75, 3.05) is 31.7 Å². The quantitative estimate of drug-likeness (QED) is 0.593. The van der Waals surface area contributed by atoms with Crippen molar-refractivity contribution in [1.82, 2.24) is 24.6 Å². The highest BCUT2D eigenvalue weighted by molar-refractivity contribution is 6.40. The van der Waals surface area contributed by atoms with E-state index in [1.165, 1.54) is 11.8 Å². The number of carbonyl (C=O) groups excluding carboxylic acids is 2. The molecule has 0 radical (unpaired) electrons. The number of hydrogen-bond donors (Lipinski definition) is 2. The molecule has 2 atom stereocenters. The molecule has 9 heteroatoms. The standard InChI is InChI=1S/C24H31N7O2/c1-15-5-10-20(17-8-6-16(7-9-17)14-29(2)3)31(13-15)24(33)23(32)28-19-12-26-22(25)18-11-27-30(4)21(18)19/h6-9,11-12,15,20H,5,10,13-14H2,1-4H3,(H2,25,26)(H,28,32)/t15-,20+/m0/s1. The number of anilines is 2. The van der Waals surface area contributed by atoms with E-state index in [1.807, 2.05) is 14.1 Å². The fraction of sp³-hybridized carbons (Fsp3) is 0.417. The van der Waals surface area contributed by atoms with Crippen LogP contribution in [0.1, 0.15) is 36.9 Å². The van der Waals surface area contributed by atoms with Crippen molar-refractivity contribution < 1.29 is 9.59 Å². The van der Waals surface area contributed by atoms with E-state index in [2.05, 4.69) is 51.5 Å². The number of pyridine rings is 1. The number of fused-ring (bicyclic) bond motifs is 1. The Morgan fingerprint density at radius 1 is 1.18 bits per heavy atom. The van der Waals surface area contributed by atoms with Crippen LogP contribution in [-0.4, -0.2) is 57.0 Å². The predicted octanol–water partition coefficient (Wildman–Crippen LogP) is 2.55. The molecule has 1 saturated heterocycles. The second-order valence-corrected chi connectivity index (χ2v) is 9.18. The molecule has 174 valence electrons. The van der Waals surface area contributed by atoms with Crippen molar-refractivity contribution in [2.24, 2.45) is 13.0 Å². The lowest BCUT2D eigenvalue weighted by molar-refractivity contribution is -0.146. The highest BCUT2D eigenvalue weighted by Crippen LogP contribution is 2.34. The first-order valence-corrected chi connectivity index (χ1v) is 11.2. The summed E-state index contributed by atoms with van der Waals surface area (Å²) >= 11 is 0. The number of aromatic nitrogens is 3. The van der Waals surface area contributed by atoms with E-state index < -0.39 is 11.8 Å². The van der Waals surface area contributed by atoms with Crippen LogP contribution in [0.2, 0.25) is 0 Å². The number of nitrogens with zero attached hydrogens (tertiary/aromatic N) is 5. The molecular formula is C24H31N7O2. The van der Waals surface area contributed by atoms with Crippen molar-refractivity contribution in [2.45, 2.75) is 32.4 Å². The summed E-state index contributed by atoms with van der Waals surface area (Å²) in [4.78, 5) is 34.3. The Morgan fingerprint density at radius 3 is 2.61 bits per heavy atom. The lowest BCUT2D eigenvalue weighted by Crippen LogP contribution is -2.46. The molecule has 0 unspecified atom stereocenters. The average Bonchev–Trinajstić information content (AvgIpc) is 3.18. The number of likely N-dealkylation sites (tertiary alicyclic amines) is 1. The van der Waals surface area contributed by atoms with Gasteiger partial charge in [-0.15, -0.1) is 0 Å². The number of nitrogen functional groups attached to an aromatic ring is 1. The Balaban J connectivity index is 1.56. The van der Waals surface area contributed by atoms with Crippen LogP contribution in [0.4, 0.5) is 11.5 Å². The van der Waals surface area contributed by atoms with Gasteiger partial charge >= 0.3 is 11.8 Å². The molecular weight excluding hydrogens is 418 g/mol. The SMILES string of the molecule is C[C@H]1CC[C@H](c2ccc(CN(C)C)cc2)N(C(=O)C(=O)Nc2cnc(N)c3cnn(C)c23)C1. The van der Waals surface area contributed by atoms with Crippen molar-refractivity contribution in [3.63, 3.8) is 0 Å². The molecule has 1 aliphatic rings. The summed E-state index contributed by atoms with van der Waals surface area (Å²) in [7, 11) is 5.82. The van der Waals surface area contributed by atoms with E-state index in [-0.39, 0.29) is 6.04 Å². The van der Waals surface area contributed by atoms with Gasteiger partial charge in [0, 0.05) is 20.1 Å². The number of rotatable bonds is 4. The largest absolute Gasteiger partial charge is 0.383 e. The molecule has 0 spiro atoms. The van der Waals surface area contributed by atoms with Gasteiger partial charge in [0.15, 0.2) is 0 Å². The van der Waals surface area contributed by atoms with Gasteiger partial charge in [-0.05, 0) is 44.0 Å².